The van der Waals surface area contributed by atoms with Crippen LogP contribution in [0, 0.1) is 30.1 Å². The number of nitriles is 1. The molecular formula is C25H33N3. The number of rotatable bonds is 8. The van der Waals surface area contributed by atoms with Crippen molar-refractivity contribution in [1.82, 2.24) is 9.97 Å². The van der Waals surface area contributed by atoms with Crippen molar-refractivity contribution in [2.75, 3.05) is 0 Å². The first-order valence-corrected chi connectivity index (χ1v) is 11.0. The highest BCUT2D eigenvalue weighted by atomic mass is 14.9. The van der Waals surface area contributed by atoms with Crippen LogP contribution in [-0.2, 0) is 6.42 Å². The highest BCUT2D eigenvalue weighted by Crippen LogP contribution is 2.34. The lowest BCUT2D eigenvalue weighted by molar-refractivity contribution is 0.249. The second-order valence-corrected chi connectivity index (χ2v) is 8.48. The van der Waals surface area contributed by atoms with E-state index in [-0.39, 0.29) is 0 Å². The van der Waals surface area contributed by atoms with Crippen molar-refractivity contribution in [1.29, 1.82) is 5.26 Å². The Hall–Kier alpha value is -2.21. The van der Waals surface area contributed by atoms with Gasteiger partial charge in [-0.05, 0) is 60.9 Å². The Morgan fingerprint density at radius 3 is 2.29 bits per heavy atom. The largest absolute Gasteiger partial charge is 0.236 e. The lowest BCUT2D eigenvalue weighted by Crippen LogP contribution is -2.15. The van der Waals surface area contributed by atoms with Crippen molar-refractivity contribution in [2.45, 2.75) is 78.1 Å². The molecule has 0 N–H and O–H groups in total. The molecule has 0 radical (unpaired) electrons. The van der Waals surface area contributed by atoms with Gasteiger partial charge in [0.15, 0.2) is 5.82 Å². The second kappa shape index (κ2) is 10.4. The molecule has 28 heavy (non-hydrogen) atoms. The van der Waals surface area contributed by atoms with E-state index in [1.54, 1.807) is 0 Å². The predicted octanol–water partition coefficient (Wildman–Crippen LogP) is 6.64. The van der Waals surface area contributed by atoms with Gasteiger partial charge in [0, 0.05) is 18.0 Å². The first-order chi connectivity index (χ1) is 13.7. The number of hydrogen-bond acceptors (Lipinski definition) is 3. The Bertz CT molecular complexity index is 780. The molecule has 3 nitrogen and oxygen atoms in total. The van der Waals surface area contributed by atoms with Crippen LogP contribution in [-0.4, -0.2) is 9.97 Å². The van der Waals surface area contributed by atoms with Crippen molar-refractivity contribution in [3.8, 4) is 17.5 Å². The molecule has 1 aliphatic carbocycles. The van der Waals surface area contributed by atoms with Crippen LogP contribution in [0.3, 0.4) is 0 Å². The van der Waals surface area contributed by atoms with Gasteiger partial charge in [0.2, 0.25) is 0 Å². The topological polar surface area (TPSA) is 49.6 Å². The molecule has 0 bridgehead atoms. The minimum absolute atomic E-state index is 0.709. The van der Waals surface area contributed by atoms with E-state index in [2.05, 4.69) is 23.0 Å². The molecule has 3 rings (SSSR count). The second-order valence-electron chi connectivity index (χ2n) is 8.48. The van der Waals surface area contributed by atoms with E-state index in [1.807, 2.05) is 37.5 Å². The van der Waals surface area contributed by atoms with E-state index in [1.165, 1.54) is 63.4 Å². The Labute approximate surface area is 170 Å². The normalized spacial score (nSPS) is 19.3. The smallest absolute Gasteiger partial charge is 0.159 e. The number of unbranched alkanes of at least 4 members (excludes halogenated alkanes) is 2. The first-order valence-electron chi connectivity index (χ1n) is 11.0. The van der Waals surface area contributed by atoms with Gasteiger partial charge in [-0.15, -0.1) is 0 Å². The number of aromatic nitrogens is 2. The SMILES string of the molecule is CCCCCC1CCC(CCc2cnc(-c3ccc(C#N)c(C)c3)nc2)CC1. The number of aryl methyl sites for hydroxylation is 2. The average Bonchev–Trinajstić information content (AvgIpc) is 2.74. The molecule has 0 unspecified atom stereocenters. The van der Waals surface area contributed by atoms with Crippen LogP contribution < -0.4 is 0 Å². The summed E-state index contributed by atoms with van der Waals surface area (Å²) < 4.78 is 0. The highest BCUT2D eigenvalue weighted by Gasteiger charge is 2.20. The van der Waals surface area contributed by atoms with Crippen LogP contribution in [0.4, 0.5) is 0 Å². The van der Waals surface area contributed by atoms with Gasteiger partial charge in [0.05, 0.1) is 11.6 Å². The van der Waals surface area contributed by atoms with Crippen LogP contribution in [0.5, 0.6) is 0 Å². The Balaban J connectivity index is 1.46. The van der Waals surface area contributed by atoms with E-state index in [9.17, 15) is 0 Å². The summed E-state index contributed by atoms with van der Waals surface area (Å²) in [4.78, 5) is 9.14. The predicted molar refractivity (Wildman–Crippen MR) is 115 cm³/mol. The van der Waals surface area contributed by atoms with E-state index < -0.39 is 0 Å². The maximum Gasteiger partial charge on any atom is 0.159 e. The van der Waals surface area contributed by atoms with Crippen LogP contribution in [0.15, 0.2) is 30.6 Å². The molecule has 0 amide bonds. The third-order valence-electron chi connectivity index (χ3n) is 6.33. The van der Waals surface area contributed by atoms with Crippen molar-refractivity contribution in [3.63, 3.8) is 0 Å². The fourth-order valence-corrected chi connectivity index (χ4v) is 4.42. The zero-order valence-corrected chi connectivity index (χ0v) is 17.5. The molecule has 1 aromatic carbocycles. The lowest BCUT2D eigenvalue weighted by Gasteiger charge is -2.28. The van der Waals surface area contributed by atoms with Crippen LogP contribution in [0.2, 0.25) is 0 Å². The Morgan fingerprint density at radius 2 is 1.68 bits per heavy atom. The molecule has 0 saturated heterocycles. The van der Waals surface area contributed by atoms with Crippen LogP contribution >= 0.6 is 0 Å². The van der Waals surface area contributed by atoms with Gasteiger partial charge in [-0.25, -0.2) is 9.97 Å². The molecule has 1 aliphatic rings. The number of hydrogen-bond donors (Lipinski definition) is 0. The van der Waals surface area contributed by atoms with E-state index in [0.29, 0.717) is 5.56 Å². The van der Waals surface area contributed by atoms with Crippen molar-refractivity contribution < 1.29 is 0 Å². The monoisotopic (exact) mass is 375 g/mol. The molecule has 1 aromatic heterocycles. The fraction of sp³-hybridized carbons (Fsp3) is 0.560. The molecule has 0 atom stereocenters. The van der Waals surface area contributed by atoms with E-state index in [0.717, 1.165) is 35.2 Å². The third kappa shape index (κ3) is 5.64. The summed E-state index contributed by atoms with van der Waals surface area (Å²) >= 11 is 0. The lowest BCUT2D eigenvalue weighted by atomic mass is 9.78. The summed E-state index contributed by atoms with van der Waals surface area (Å²) in [6, 6.07) is 7.98. The zero-order valence-electron chi connectivity index (χ0n) is 17.5. The van der Waals surface area contributed by atoms with Gasteiger partial charge in [-0.3, -0.25) is 0 Å². The van der Waals surface area contributed by atoms with Gasteiger partial charge < -0.3 is 0 Å². The van der Waals surface area contributed by atoms with E-state index >= 15 is 0 Å². The maximum atomic E-state index is 9.06. The number of benzene rings is 1. The number of nitrogens with zero attached hydrogens (tertiary/aromatic N) is 3. The Morgan fingerprint density at radius 1 is 1.00 bits per heavy atom. The van der Waals surface area contributed by atoms with Gasteiger partial charge in [-0.2, -0.15) is 5.26 Å². The van der Waals surface area contributed by atoms with Crippen molar-refractivity contribution in [3.05, 3.63) is 47.3 Å². The summed E-state index contributed by atoms with van der Waals surface area (Å²) in [6.45, 7) is 4.24. The molecule has 0 aliphatic heterocycles. The highest BCUT2D eigenvalue weighted by molar-refractivity contribution is 5.58. The van der Waals surface area contributed by atoms with E-state index in [4.69, 9.17) is 5.26 Å². The van der Waals surface area contributed by atoms with Crippen LogP contribution in [0.25, 0.3) is 11.4 Å². The maximum absolute atomic E-state index is 9.06. The summed E-state index contributed by atoms with van der Waals surface area (Å²) in [6.07, 6.45) is 17.6. The quantitative estimate of drug-likeness (QED) is 0.486. The first kappa shape index (κ1) is 20.5. The van der Waals surface area contributed by atoms with Gasteiger partial charge in [-0.1, -0.05) is 58.3 Å². The van der Waals surface area contributed by atoms with Crippen molar-refractivity contribution in [2.24, 2.45) is 11.8 Å². The zero-order chi connectivity index (χ0) is 19.8. The fourth-order valence-electron chi connectivity index (χ4n) is 4.42. The standard InChI is InChI=1S/C25H33N3/c1-3-4-5-6-20-7-9-21(10-8-20)11-12-22-17-27-25(28-18-22)23-13-14-24(16-26)19(2)15-23/h13-15,17-18,20-21H,3-12H2,1-2H3. The minimum atomic E-state index is 0.709. The molecular weight excluding hydrogens is 342 g/mol. The van der Waals surface area contributed by atoms with Crippen molar-refractivity contribution >= 4 is 0 Å². The minimum Gasteiger partial charge on any atom is -0.236 e. The van der Waals surface area contributed by atoms with Gasteiger partial charge >= 0.3 is 0 Å². The molecule has 148 valence electrons. The van der Waals surface area contributed by atoms with Gasteiger partial charge in [0.1, 0.15) is 0 Å². The van der Waals surface area contributed by atoms with Crippen LogP contribution in [0.1, 0.15) is 81.4 Å². The Kier molecular flexibility index (Phi) is 7.60. The van der Waals surface area contributed by atoms with Gasteiger partial charge in [0.25, 0.3) is 0 Å². The molecule has 1 saturated carbocycles. The third-order valence-corrected chi connectivity index (χ3v) is 6.33. The molecule has 0 spiro atoms. The molecule has 1 fully saturated rings. The summed E-state index contributed by atoms with van der Waals surface area (Å²) in [5.41, 5.74) is 3.89. The molecule has 2 aromatic rings. The summed E-state index contributed by atoms with van der Waals surface area (Å²) in [7, 11) is 0. The molecule has 3 heteroatoms. The summed E-state index contributed by atoms with van der Waals surface area (Å²) in [5, 5.41) is 9.06. The molecule has 1 heterocycles. The summed E-state index contributed by atoms with van der Waals surface area (Å²) in [5.74, 6) is 2.61. The average molecular weight is 376 g/mol.